The molecule has 1 aromatic rings. The predicted molar refractivity (Wildman–Crippen MR) is 85.7 cm³/mol. The second kappa shape index (κ2) is 5.71. The maximum atomic E-state index is 12.4. The molecule has 0 atom stereocenters. The molecule has 22 heavy (non-hydrogen) atoms. The number of carbonyl (C=O) groups is 1. The van der Waals surface area contributed by atoms with Gasteiger partial charge >= 0.3 is 0 Å². The van der Waals surface area contributed by atoms with E-state index in [-0.39, 0.29) is 0 Å². The first-order chi connectivity index (χ1) is 10.7. The van der Waals surface area contributed by atoms with E-state index in [1.54, 1.807) is 0 Å². The number of nitrogens with zero attached hydrogens (tertiary/aromatic N) is 3. The lowest BCUT2D eigenvalue weighted by atomic mass is 9.83. The lowest BCUT2D eigenvalue weighted by Crippen LogP contribution is -2.44. The molecule has 2 saturated carbocycles. The van der Waals surface area contributed by atoms with Crippen LogP contribution in [0.5, 0.6) is 0 Å². The maximum absolute atomic E-state index is 12.4. The zero-order valence-corrected chi connectivity index (χ0v) is 13.6. The molecule has 1 amide bonds. The van der Waals surface area contributed by atoms with Gasteiger partial charge in [-0.2, -0.15) is 0 Å². The van der Waals surface area contributed by atoms with Crippen molar-refractivity contribution in [3.8, 4) is 0 Å². The first kappa shape index (κ1) is 14.3. The Hall–Kier alpha value is -1.32. The van der Waals surface area contributed by atoms with Crippen LogP contribution >= 0.6 is 0 Å². The number of aromatic nitrogens is 2. The molecule has 2 aliphatic carbocycles. The number of rotatable bonds is 3. The van der Waals surface area contributed by atoms with E-state index in [9.17, 15) is 4.79 Å². The van der Waals surface area contributed by atoms with E-state index in [0.29, 0.717) is 23.8 Å². The number of carbonyl (C=O) groups excluding carboxylic acids is 1. The van der Waals surface area contributed by atoms with Crippen LogP contribution in [0.1, 0.15) is 74.8 Å². The molecule has 1 saturated heterocycles. The third-order valence-corrected chi connectivity index (χ3v) is 6.08. The second-order valence-electron chi connectivity index (χ2n) is 7.44. The maximum Gasteiger partial charge on any atom is 0.225 e. The van der Waals surface area contributed by atoms with Crippen LogP contribution in [0.4, 0.5) is 0 Å². The van der Waals surface area contributed by atoms with Crippen LogP contribution < -0.4 is 0 Å². The van der Waals surface area contributed by atoms with Crippen LogP contribution in [0.15, 0.2) is 6.20 Å². The minimum atomic E-state index is 0.345. The average Bonchev–Trinajstić information content (AvgIpc) is 2.77. The van der Waals surface area contributed by atoms with Crippen molar-refractivity contribution in [2.24, 2.45) is 5.92 Å². The van der Waals surface area contributed by atoms with Gasteiger partial charge in [-0.15, -0.1) is 0 Å². The number of hydrogen-bond donors (Lipinski definition) is 0. The van der Waals surface area contributed by atoms with E-state index >= 15 is 0 Å². The molecular formula is C18H27N3O. The van der Waals surface area contributed by atoms with Crippen LogP contribution in [0, 0.1) is 12.8 Å². The molecular weight excluding hydrogens is 274 g/mol. The number of aryl methyl sites for hydroxylation is 1. The SMILES string of the molecule is Cc1cnc(C2CCC2)n1C1CCN(C(=O)C2CCC2)CC1. The van der Waals surface area contributed by atoms with E-state index in [4.69, 9.17) is 4.98 Å². The van der Waals surface area contributed by atoms with Crippen molar-refractivity contribution in [3.05, 3.63) is 17.7 Å². The predicted octanol–water partition coefficient (Wildman–Crippen LogP) is 3.42. The Morgan fingerprint density at radius 1 is 1.09 bits per heavy atom. The third kappa shape index (κ3) is 2.37. The summed E-state index contributed by atoms with van der Waals surface area (Å²) in [6.07, 6.45) is 11.7. The molecule has 0 bridgehead atoms. The summed E-state index contributed by atoms with van der Waals surface area (Å²) in [5.41, 5.74) is 1.30. The van der Waals surface area contributed by atoms with Crippen molar-refractivity contribution < 1.29 is 4.79 Å². The Kier molecular flexibility index (Phi) is 3.71. The molecule has 0 spiro atoms. The summed E-state index contributed by atoms with van der Waals surface area (Å²) in [4.78, 5) is 19.2. The van der Waals surface area contributed by atoms with E-state index in [1.807, 2.05) is 6.20 Å². The van der Waals surface area contributed by atoms with Gasteiger partial charge in [0.15, 0.2) is 0 Å². The van der Waals surface area contributed by atoms with Crippen LogP contribution in [0.25, 0.3) is 0 Å². The minimum absolute atomic E-state index is 0.345. The summed E-state index contributed by atoms with van der Waals surface area (Å²) >= 11 is 0. The first-order valence-corrected chi connectivity index (χ1v) is 9.06. The van der Waals surface area contributed by atoms with Crippen molar-refractivity contribution in [1.29, 1.82) is 0 Å². The fourth-order valence-electron chi connectivity index (χ4n) is 4.17. The molecule has 2 heterocycles. The third-order valence-electron chi connectivity index (χ3n) is 6.08. The van der Waals surface area contributed by atoms with E-state index < -0.39 is 0 Å². The summed E-state index contributed by atoms with van der Waals surface area (Å²) in [5.74, 6) is 2.76. The molecule has 4 heteroatoms. The van der Waals surface area contributed by atoms with Gasteiger partial charge in [0, 0.05) is 42.9 Å². The summed E-state index contributed by atoms with van der Waals surface area (Å²) in [7, 11) is 0. The normalized spacial score (nSPS) is 24.1. The molecule has 3 fully saturated rings. The molecule has 1 aliphatic heterocycles. The quantitative estimate of drug-likeness (QED) is 0.858. The lowest BCUT2D eigenvalue weighted by molar-refractivity contribution is -0.139. The summed E-state index contributed by atoms with van der Waals surface area (Å²) in [5, 5.41) is 0. The molecule has 0 aromatic carbocycles. The zero-order valence-electron chi connectivity index (χ0n) is 13.6. The monoisotopic (exact) mass is 301 g/mol. The smallest absolute Gasteiger partial charge is 0.225 e. The topological polar surface area (TPSA) is 38.1 Å². The number of piperidine rings is 1. The highest BCUT2D eigenvalue weighted by Crippen LogP contribution is 2.39. The molecule has 0 unspecified atom stereocenters. The van der Waals surface area contributed by atoms with Gasteiger partial charge in [-0.05, 0) is 45.4 Å². The van der Waals surface area contributed by atoms with Crippen molar-refractivity contribution in [3.63, 3.8) is 0 Å². The fourth-order valence-corrected chi connectivity index (χ4v) is 4.17. The van der Waals surface area contributed by atoms with Crippen molar-refractivity contribution in [2.75, 3.05) is 13.1 Å². The van der Waals surface area contributed by atoms with Gasteiger partial charge < -0.3 is 9.47 Å². The molecule has 4 rings (SSSR count). The molecule has 0 N–H and O–H groups in total. The van der Waals surface area contributed by atoms with Gasteiger partial charge in [-0.3, -0.25) is 4.79 Å². The average molecular weight is 301 g/mol. The molecule has 0 radical (unpaired) electrons. The Morgan fingerprint density at radius 2 is 1.77 bits per heavy atom. The second-order valence-corrected chi connectivity index (χ2v) is 7.44. The van der Waals surface area contributed by atoms with Gasteiger partial charge in [0.05, 0.1) is 0 Å². The van der Waals surface area contributed by atoms with E-state index in [1.165, 1.54) is 37.2 Å². The van der Waals surface area contributed by atoms with Crippen LogP contribution in [-0.2, 0) is 4.79 Å². The Bertz CT molecular complexity index is 549. The number of likely N-dealkylation sites (tertiary alicyclic amines) is 1. The van der Waals surface area contributed by atoms with Crippen LogP contribution in [0.3, 0.4) is 0 Å². The van der Waals surface area contributed by atoms with Crippen molar-refractivity contribution in [1.82, 2.24) is 14.5 Å². The highest BCUT2D eigenvalue weighted by Gasteiger charge is 2.33. The Morgan fingerprint density at radius 3 is 2.32 bits per heavy atom. The van der Waals surface area contributed by atoms with Crippen molar-refractivity contribution >= 4 is 5.91 Å². The summed E-state index contributed by atoms with van der Waals surface area (Å²) in [6, 6.07) is 0.545. The molecule has 1 aromatic heterocycles. The minimum Gasteiger partial charge on any atom is -0.342 e. The van der Waals surface area contributed by atoms with Gasteiger partial charge in [0.2, 0.25) is 5.91 Å². The van der Waals surface area contributed by atoms with Crippen LogP contribution in [0.2, 0.25) is 0 Å². The number of amides is 1. The van der Waals surface area contributed by atoms with Gasteiger partial charge in [-0.25, -0.2) is 4.98 Å². The van der Waals surface area contributed by atoms with E-state index in [0.717, 1.165) is 38.8 Å². The van der Waals surface area contributed by atoms with Gasteiger partial charge in [-0.1, -0.05) is 12.8 Å². The standard InChI is InChI=1S/C18H27N3O/c1-13-12-19-17(14-4-2-5-14)21(13)16-8-10-20(11-9-16)18(22)15-6-3-7-15/h12,14-16H,2-11H2,1H3. The summed E-state index contributed by atoms with van der Waals surface area (Å²) in [6.45, 7) is 4.05. The van der Waals surface area contributed by atoms with Gasteiger partial charge in [0.25, 0.3) is 0 Å². The zero-order chi connectivity index (χ0) is 15.1. The number of imidazole rings is 1. The van der Waals surface area contributed by atoms with Gasteiger partial charge in [0.1, 0.15) is 5.82 Å². The molecule has 3 aliphatic rings. The van der Waals surface area contributed by atoms with Crippen molar-refractivity contribution in [2.45, 2.75) is 70.3 Å². The molecule has 4 nitrogen and oxygen atoms in total. The Labute approximate surface area is 132 Å². The lowest BCUT2D eigenvalue weighted by Gasteiger charge is -2.38. The highest BCUT2D eigenvalue weighted by atomic mass is 16.2. The highest BCUT2D eigenvalue weighted by molar-refractivity contribution is 5.79. The summed E-state index contributed by atoms with van der Waals surface area (Å²) < 4.78 is 2.50. The Balaban J connectivity index is 1.43. The largest absolute Gasteiger partial charge is 0.342 e. The van der Waals surface area contributed by atoms with E-state index in [2.05, 4.69) is 16.4 Å². The number of hydrogen-bond acceptors (Lipinski definition) is 2. The fraction of sp³-hybridized carbons (Fsp3) is 0.778. The van der Waals surface area contributed by atoms with Crippen LogP contribution in [-0.4, -0.2) is 33.4 Å². The molecule has 120 valence electrons. The first-order valence-electron chi connectivity index (χ1n) is 9.06.